The number of hydrogen-bond acceptors (Lipinski definition) is 4. The minimum Gasteiger partial charge on any atom is -0.495 e. The Kier molecular flexibility index (Phi) is 7.09. The quantitative estimate of drug-likeness (QED) is 0.574. The maximum absolute atomic E-state index is 13.3. The molecule has 162 valence electrons. The van der Waals surface area contributed by atoms with Gasteiger partial charge in [0.2, 0.25) is 15.9 Å². The van der Waals surface area contributed by atoms with Crippen molar-refractivity contribution in [3.05, 3.63) is 89.5 Å². The Balaban J connectivity index is 1.88. The molecule has 3 aromatic carbocycles. The van der Waals surface area contributed by atoms with Gasteiger partial charge in [0.25, 0.3) is 0 Å². The van der Waals surface area contributed by atoms with Gasteiger partial charge in [-0.2, -0.15) is 4.31 Å². The highest BCUT2D eigenvalue weighted by Gasteiger charge is 2.27. The van der Waals surface area contributed by atoms with Crippen LogP contribution in [0.1, 0.15) is 16.7 Å². The average Bonchev–Trinajstić information content (AvgIpc) is 2.75. The lowest BCUT2D eigenvalue weighted by atomic mass is 10.1. The zero-order valence-corrected chi connectivity index (χ0v) is 18.6. The first-order chi connectivity index (χ1) is 14.8. The maximum Gasteiger partial charge on any atom is 0.243 e. The summed E-state index contributed by atoms with van der Waals surface area (Å²) < 4.78 is 33.1. The van der Waals surface area contributed by atoms with Crippen LogP contribution in [0.2, 0.25) is 0 Å². The molecule has 0 fully saturated rings. The summed E-state index contributed by atoms with van der Waals surface area (Å²) in [6.45, 7) is 3.61. The van der Waals surface area contributed by atoms with Crippen LogP contribution in [0.4, 0.5) is 5.69 Å². The van der Waals surface area contributed by atoms with Crippen molar-refractivity contribution < 1.29 is 17.9 Å². The number of nitrogens with one attached hydrogen (secondary N) is 1. The molecule has 0 aliphatic rings. The van der Waals surface area contributed by atoms with Crippen molar-refractivity contribution in [1.82, 2.24) is 4.31 Å². The lowest BCUT2D eigenvalue weighted by Gasteiger charge is -2.22. The zero-order valence-electron chi connectivity index (χ0n) is 17.8. The number of anilines is 1. The van der Waals surface area contributed by atoms with E-state index in [4.69, 9.17) is 4.74 Å². The number of hydrogen-bond donors (Lipinski definition) is 1. The molecule has 0 atom stereocenters. The molecule has 1 amide bonds. The minimum atomic E-state index is -3.88. The van der Waals surface area contributed by atoms with Crippen molar-refractivity contribution in [2.24, 2.45) is 0 Å². The molecular weight excluding hydrogens is 412 g/mol. The average molecular weight is 439 g/mol. The SMILES string of the molecule is COc1ccc(C)cc1NC(=O)CN(Cc1ccc(C)cc1)S(=O)(=O)c1ccccc1. The van der Waals surface area contributed by atoms with Gasteiger partial charge in [-0.05, 0) is 49.2 Å². The summed E-state index contributed by atoms with van der Waals surface area (Å²) in [6.07, 6.45) is 0. The molecule has 0 aromatic heterocycles. The number of carbonyl (C=O) groups is 1. The topological polar surface area (TPSA) is 75.7 Å². The van der Waals surface area contributed by atoms with Crippen LogP contribution in [0.25, 0.3) is 0 Å². The van der Waals surface area contributed by atoms with Crippen LogP contribution in [-0.4, -0.2) is 32.3 Å². The Morgan fingerprint density at radius 3 is 2.23 bits per heavy atom. The van der Waals surface area contributed by atoms with Gasteiger partial charge in [-0.3, -0.25) is 4.79 Å². The number of ether oxygens (including phenoxy) is 1. The molecule has 3 rings (SSSR count). The number of benzene rings is 3. The van der Waals surface area contributed by atoms with Gasteiger partial charge in [0.15, 0.2) is 0 Å². The van der Waals surface area contributed by atoms with Crippen LogP contribution in [0, 0.1) is 13.8 Å². The molecule has 1 N–H and O–H groups in total. The van der Waals surface area contributed by atoms with Crippen LogP contribution < -0.4 is 10.1 Å². The van der Waals surface area contributed by atoms with Gasteiger partial charge < -0.3 is 10.1 Å². The standard InChI is InChI=1S/C24H26N2O4S/c1-18-9-12-20(13-10-18)16-26(31(28,29)21-7-5-4-6-8-21)17-24(27)25-22-15-19(2)11-14-23(22)30-3/h4-15H,16-17H2,1-3H3,(H,25,27). The Hall–Kier alpha value is -3.16. The first-order valence-corrected chi connectivity index (χ1v) is 11.3. The highest BCUT2D eigenvalue weighted by molar-refractivity contribution is 7.89. The van der Waals surface area contributed by atoms with E-state index in [9.17, 15) is 13.2 Å². The van der Waals surface area contributed by atoms with Gasteiger partial charge in [-0.25, -0.2) is 8.42 Å². The summed E-state index contributed by atoms with van der Waals surface area (Å²) >= 11 is 0. The molecular formula is C24H26N2O4S. The van der Waals surface area contributed by atoms with E-state index < -0.39 is 15.9 Å². The molecule has 0 aliphatic heterocycles. The zero-order chi connectivity index (χ0) is 22.4. The highest BCUT2D eigenvalue weighted by atomic mass is 32.2. The first-order valence-electron chi connectivity index (χ1n) is 9.85. The summed E-state index contributed by atoms with van der Waals surface area (Å²) in [5, 5.41) is 2.78. The Morgan fingerprint density at radius 2 is 1.58 bits per heavy atom. The predicted molar refractivity (Wildman–Crippen MR) is 122 cm³/mol. The first kappa shape index (κ1) is 22.5. The minimum absolute atomic E-state index is 0.0792. The van der Waals surface area contributed by atoms with Crippen molar-refractivity contribution >= 4 is 21.6 Å². The van der Waals surface area contributed by atoms with E-state index in [0.29, 0.717) is 11.4 Å². The van der Waals surface area contributed by atoms with E-state index in [0.717, 1.165) is 16.7 Å². The van der Waals surface area contributed by atoms with E-state index >= 15 is 0 Å². The van der Waals surface area contributed by atoms with Crippen molar-refractivity contribution in [3.63, 3.8) is 0 Å². The fourth-order valence-electron chi connectivity index (χ4n) is 3.13. The van der Waals surface area contributed by atoms with Gasteiger partial charge in [0, 0.05) is 6.54 Å². The summed E-state index contributed by atoms with van der Waals surface area (Å²) in [4.78, 5) is 13.0. The van der Waals surface area contributed by atoms with E-state index in [1.807, 2.05) is 44.2 Å². The van der Waals surface area contributed by atoms with Crippen LogP contribution in [0.15, 0.2) is 77.7 Å². The molecule has 0 aliphatic carbocycles. The number of methoxy groups -OCH3 is 1. The van der Waals surface area contributed by atoms with Gasteiger partial charge in [-0.15, -0.1) is 0 Å². The lowest BCUT2D eigenvalue weighted by Crippen LogP contribution is -2.37. The molecule has 0 bridgehead atoms. The third-order valence-corrected chi connectivity index (χ3v) is 6.62. The van der Waals surface area contributed by atoms with E-state index in [1.54, 1.807) is 30.3 Å². The normalized spacial score (nSPS) is 11.4. The van der Waals surface area contributed by atoms with Gasteiger partial charge >= 0.3 is 0 Å². The molecule has 0 heterocycles. The van der Waals surface area contributed by atoms with Crippen LogP contribution in [-0.2, 0) is 21.4 Å². The molecule has 0 unspecified atom stereocenters. The Morgan fingerprint density at radius 1 is 0.935 bits per heavy atom. The second-order valence-electron chi connectivity index (χ2n) is 7.32. The van der Waals surface area contributed by atoms with Gasteiger partial charge in [-0.1, -0.05) is 54.1 Å². The highest BCUT2D eigenvalue weighted by Crippen LogP contribution is 2.25. The number of sulfonamides is 1. The second-order valence-corrected chi connectivity index (χ2v) is 9.26. The Labute approximate surface area is 183 Å². The van der Waals surface area contributed by atoms with Gasteiger partial charge in [0.1, 0.15) is 5.75 Å². The fraction of sp³-hybridized carbons (Fsp3) is 0.208. The van der Waals surface area contributed by atoms with Crippen molar-refractivity contribution in [2.75, 3.05) is 19.0 Å². The van der Waals surface area contributed by atoms with Crippen molar-refractivity contribution in [3.8, 4) is 5.75 Å². The van der Waals surface area contributed by atoms with Crippen molar-refractivity contribution in [2.45, 2.75) is 25.3 Å². The fourth-order valence-corrected chi connectivity index (χ4v) is 4.54. The van der Waals surface area contributed by atoms with Crippen molar-refractivity contribution in [1.29, 1.82) is 0 Å². The van der Waals surface area contributed by atoms with E-state index in [1.165, 1.54) is 23.5 Å². The van der Waals surface area contributed by atoms with E-state index in [-0.39, 0.29) is 18.0 Å². The number of rotatable bonds is 8. The lowest BCUT2D eigenvalue weighted by molar-refractivity contribution is -0.116. The summed E-state index contributed by atoms with van der Waals surface area (Å²) in [5.41, 5.74) is 3.32. The summed E-state index contributed by atoms with van der Waals surface area (Å²) in [6, 6.07) is 21.1. The van der Waals surface area contributed by atoms with Gasteiger partial charge in [0.05, 0.1) is 24.2 Å². The molecule has 0 saturated heterocycles. The molecule has 6 nitrogen and oxygen atoms in total. The number of aryl methyl sites for hydroxylation is 2. The summed E-state index contributed by atoms with van der Waals surface area (Å²) in [7, 11) is -2.36. The molecule has 3 aromatic rings. The number of carbonyl (C=O) groups excluding carboxylic acids is 1. The third kappa shape index (κ3) is 5.71. The third-order valence-electron chi connectivity index (χ3n) is 4.81. The molecule has 0 spiro atoms. The number of amides is 1. The summed E-state index contributed by atoms with van der Waals surface area (Å²) in [5.74, 6) is 0.0606. The largest absolute Gasteiger partial charge is 0.495 e. The second kappa shape index (κ2) is 9.76. The molecule has 0 saturated carbocycles. The van der Waals surface area contributed by atoms with E-state index in [2.05, 4.69) is 5.32 Å². The van der Waals surface area contributed by atoms with Crippen LogP contribution in [0.3, 0.4) is 0 Å². The Bertz CT molecular complexity index is 1140. The predicted octanol–water partition coefficient (Wildman–Crippen LogP) is 4.14. The smallest absolute Gasteiger partial charge is 0.243 e. The maximum atomic E-state index is 13.3. The number of nitrogens with zero attached hydrogens (tertiary/aromatic N) is 1. The molecule has 31 heavy (non-hydrogen) atoms. The monoisotopic (exact) mass is 438 g/mol. The van der Waals surface area contributed by atoms with Crippen LogP contribution >= 0.6 is 0 Å². The van der Waals surface area contributed by atoms with Crippen LogP contribution in [0.5, 0.6) is 5.75 Å². The molecule has 0 radical (unpaired) electrons. The molecule has 7 heteroatoms.